The number of alkyl halides is 1. The lowest BCUT2D eigenvalue weighted by atomic mass is 9.84. The molecule has 1 aliphatic rings. The van der Waals surface area contributed by atoms with Crippen LogP contribution in [0.5, 0.6) is 0 Å². The summed E-state index contributed by atoms with van der Waals surface area (Å²) in [6, 6.07) is 29.7. The Bertz CT molecular complexity index is 1890. The molecular formula is C34H30ClFN4O2S. The van der Waals surface area contributed by atoms with E-state index >= 15 is 4.39 Å². The van der Waals surface area contributed by atoms with E-state index in [4.69, 9.17) is 11.6 Å². The van der Waals surface area contributed by atoms with Crippen molar-refractivity contribution in [1.29, 1.82) is 0 Å². The fourth-order valence-corrected chi connectivity index (χ4v) is 7.44. The molecule has 0 saturated heterocycles. The van der Waals surface area contributed by atoms with Gasteiger partial charge in [0.2, 0.25) is 0 Å². The molecule has 0 saturated carbocycles. The minimum absolute atomic E-state index is 0.000587. The number of fused-ring (bicyclic) bond motifs is 1. The number of hydrogen-bond acceptors (Lipinski definition) is 5. The summed E-state index contributed by atoms with van der Waals surface area (Å²) in [5, 5.41) is 3.28. The largest absolute Gasteiger partial charge is 0.386 e. The van der Waals surface area contributed by atoms with E-state index in [9.17, 15) is 8.42 Å². The lowest BCUT2D eigenvalue weighted by Crippen LogP contribution is -2.35. The number of rotatable bonds is 8. The van der Waals surface area contributed by atoms with Gasteiger partial charge in [-0.25, -0.2) is 16.8 Å². The highest BCUT2D eigenvalue weighted by molar-refractivity contribution is 7.90. The molecule has 43 heavy (non-hydrogen) atoms. The molecule has 6 rings (SSSR count). The normalized spacial score (nSPS) is 15.5. The van der Waals surface area contributed by atoms with Crippen LogP contribution in [0, 0.1) is 5.82 Å². The van der Waals surface area contributed by atoms with Gasteiger partial charge in [-0.05, 0) is 47.0 Å². The standard InChI is InChI=1S/C34H30ClFN4O2S/c1-37-34(33(19-35)39-21-25-12-5-6-14-28(25)30(23-39)24-10-3-2-4-11-24)26-18-32(29-15-7-8-16-31(29)36)40(22-26)43(41,42)27-13-9-17-38-20-27/h2-18,20,22,30,37H,19,21,23H2,1H3/b34-33-. The molecule has 1 N–H and O–H groups in total. The molecule has 1 unspecified atom stereocenters. The Labute approximate surface area is 256 Å². The number of nitrogens with one attached hydrogen (secondary N) is 1. The zero-order valence-corrected chi connectivity index (χ0v) is 25.1. The molecular weight excluding hydrogens is 583 g/mol. The summed E-state index contributed by atoms with van der Waals surface area (Å²) < 4.78 is 44.0. The molecule has 2 aromatic heterocycles. The molecule has 0 amide bonds. The third-order valence-corrected chi connectivity index (χ3v) is 9.77. The Kier molecular flexibility index (Phi) is 8.06. The monoisotopic (exact) mass is 612 g/mol. The Hall–Kier alpha value is -4.40. The fraction of sp³-hybridized carbons (Fsp3) is 0.147. The Morgan fingerprint density at radius 3 is 2.47 bits per heavy atom. The van der Waals surface area contributed by atoms with Crippen LogP contribution in [0.1, 0.15) is 28.2 Å². The summed E-state index contributed by atoms with van der Waals surface area (Å²) in [6.45, 7) is 1.32. The number of hydrogen-bond donors (Lipinski definition) is 1. The van der Waals surface area contributed by atoms with Crippen molar-refractivity contribution in [1.82, 2.24) is 19.2 Å². The number of allylic oxidation sites excluding steroid dienone is 1. The first kappa shape index (κ1) is 28.7. The number of pyridine rings is 1. The minimum atomic E-state index is -4.11. The number of aromatic nitrogens is 2. The zero-order chi connectivity index (χ0) is 30.0. The van der Waals surface area contributed by atoms with Crippen LogP contribution in [0.15, 0.2) is 126 Å². The molecule has 3 heterocycles. The number of nitrogens with zero attached hydrogens (tertiary/aromatic N) is 3. The third kappa shape index (κ3) is 5.44. The highest BCUT2D eigenvalue weighted by Gasteiger charge is 2.30. The van der Waals surface area contributed by atoms with Crippen molar-refractivity contribution in [3.63, 3.8) is 0 Å². The molecule has 0 spiro atoms. The molecule has 3 aromatic carbocycles. The Balaban J connectivity index is 1.51. The second-order valence-electron chi connectivity index (χ2n) is 10.3. The third-order valence-electron chi connectivity index (χ3n) is 7.86. The SMILES string of the molecule is CN/C(=C(/CCl)N1Cc2ccccc2C(c2ccccc2)C1)c1cc(-c2ccccc2F)n(S(=O)(=O)c2cccnc2)c1. The van der Waals surface area contributed by atoms with Gasteiger partial charge < -0.3 is 10.2 Å². The van der Waals surface area contributed by atoms with E-state index in [0.29, 0.717) is 24.4 Å². The van der Waals surface area contributed by atoms with Crippen molar-refractivity contribution in [2.75, 3.05) is 19.5 Å². The molecule has 1 aliphatic heterocycles. The maximum absolute atomic E-state index is 15.1. The summed E-state index contributed by atoms with van der Waals surface area (Å²) in [4.78, 5) is 6.24. The molecule has 0 fully saturated rings. The molecule has 6 nitrogen and oxygen atoms in total. The van der Waals surface area contributed by atoms with Gasteiger partial charge in [0.15, 0.2) is 0 Å². The van der Waals surface area contributed by atoms with Crippen LogP contribution in [0.3, 0.4) is 0 Å². The smallest absolute Gasteiger partial charge is 0.269 e. The van der Waals surface area contributed by atoms with Gasteiger partial charge in [0, 0.05) is 55.8 Å². The molecule has 5 aromatic rings. The topological polar surface area (TPSA) is 67.2 Å². The average molecular weight is 613 g/mol. The number of benzene rings is 3. The van der Waals surface area contributed by atoms with Crippen LogP contribution in [0.2, 0.25) is 0 Å². The van der Waals surface area contributed by atoms with E-state index in [0.717, 1.165) is 9.67 Å². The maximum atomic E-state index is 15.1. The highest BCUT2D eigenvalue weighted by atomic mass is 35.5. The van der Waals surface area contributed by atoms with Crippen molar-refractivity contribution in [3.05, 3.63) is 149 Å². The van der Waals surface area contributed by atoms with Crippen molar-refractivity contribution < 1.29 is 12.8 Å². The number of halogens is 2. The lowest BCUT2D eigenvalue weighted by Gasteiger charge is -2.38. The average Bonchev–Trinajstić information content (AvgIpc) is 3.50. The molecule has 9 heteroatoms. The fourth-order valence-electron chi connectivity index (χ4n) is 5.81. The van der Waals surface area contributed by atoms with Gasteiger partial charge in [0.25, 0.3) is 10.0 Å². The van der Waals surface area contributed by atoms with Crippen LogP contribution in [-0.2, 0) is 16.6 Å². The van der Waals surface area contributed by atoms with Gasteiger partial charge in [-0.2, -0.15) is 0 Å². The maximum Gasteiger partial charge on any atom is 0.269 e. The van der Waals surface area contributed by atoms with Crippen LogP contribution in [0.25, 0.3) is 17.0 Å². The van der Waals surface area contributed by atoms with Crippen LogP contribution in [0.4, 0.5) is 4.39 Å². The first-order chi connectivity index (χ1) is 20.9. The summed E-state index contributed by atoms with van der Waals surface area (Å²) >= 11 is 6.69. The first-order valence-electron chi connectivity index (χ1n) is 13.9. The van der Waals surface area contributed by atoms with Gasteiger partial charge in [0.05, 0.1) is 23.0 Å². The van der Waals surface area contributed by atoms with Crippen molar-refractivity contribution in [3.8, 4) is 11.3 Å². The minimum Gasteiger partial charge on any atom is -0.386 e. The van der Waals surface area contributed by atoms with E-state index in [1.165, 1.54) is 47.4 Å². The van der Waals surface area contributed by atoms with Crippen molar-refractivity contribution in [2.45, 2.75) is 17.4 Å². The van der Waals surface area contributed by atoms with E-state index in [1.807, 2.05) is 24.3 Å². The lowest BCUT2D eigenvalue weighted by molar-refractivity contribution is 0.306. The van der Waals surface area contributed by atoms with Gasteiger partial charge in [-0.15, -0.1) is 11.6 Å². The quantitative estimate of drug-likeness (QED) is 0.198. The first-order valence-corrected chi connectivity index (χ1v) is 15.9. The summed E-state index contributed by atoms with van der Waals surface area (Å²) in [6.07, 6.45) is 4.31. The van der Waals surface area contributed by atoms with Crippen LogP contribution in [-0.4, -0.2) is 41.7 Å². The molecule has 0 radical (unpaired) electrons. The van der Waals surface area contributed by atoms with E-state index in [-0.39, 0.29) is 28.0 Å². The van der Waals surface area contributed by atoms with Crippen LogP contribution >= 0.6 is 11.6 Å². The predicted octanol–water partition coefficient (Wildman–Crippen LogP) is 6.70. The highest BCUT2D eigenvalue weighted by Crippen LogP contribution is 2.37. The summed E-state index contributed by atoms with van der Waals surface area (Å²) in [7, 11) is -2.33. The van der Waals surface area contributed by atoms with Crippen molar-refractivity contribution >= 4 is 27.3 Å². The second kappa shape index (κ2) is 12.1. The van der Waals surface area contributed by atoms with E-state index in [2.05, 4.69) is 45.5 Å². The summed E-state index contributed by atoms with van der Waals surface area (Å²) in [5.74, 6) is -0.234. The zero-order valence-electron chi connectivity index (χ0n) is 23.5. The van der Waals surface area contributed by atoms with Gasteiger partial charge >= 0.3 is 0 Å². The molecule has 0 aliphatic carbocycles. The van der Waals surface area contributed by atoms with Gasteiger partial charge in [-0.3, -0.25) is 4.98 Å². The Morgan fingerprint density at radius 1 is 1.00 bits per heavy atom. The van der Waals surface area contributed by atoms with Gasteiger partial charge in [-0.1, -0.05) is 66.7 Å². The van der Waals surface area contributed by atoms with E-state index < -0.39 is 15.8 Å². The summed E-state index contributed by atoms with van der Waals surface area (Å²) in [5.41, 5.74) is 6.10. The predicted molar refractivity (Wildman–Crippen MR) is 168 cm³/mol. The van der Waals surface area contributed by atoms with Gasteiger partial charge in [0.1, 0.15) is 10.7 Å². The van der Waals surface area contributed by atoms with Crippen LogP contribution < -0.4 is 5.32 Å². The second-order valence-corrected chi connectivity index (χ2v) is 12.4. The Morgan fingerprint density at radius 2 is 1.74 bits per heavy atom. The molecule has 218 valence electrons. The molecule has 1 atom stereocenters. The molecule has 0 bridgehead atoms. The van der Waals surface area contributed by atoms with Crippen molar-refractivity contribution in [2.24, 2.45) is 0 Å². The van der Waals surface area contributed by atoms with E-state index in [1.54, 1.807) is 37.4 Å².